The molecule has 114 valence electrons. The fraction of sp³-hybridized carbons (Fsp3) is 0.500. The highest BCUT2D eigenvalue weighted by Gasteiger charge is 2.35. The van der Waals surface area contributed by atoms with Crippen molar-refractivity contribution >= 4 is 10.9 Å². The maximum Gasteiger partial charge on any atom is 0.416 e. The fourth-order valence-electron chi connectivity index (χ4n) is 3.35. The first-order chi connectivity index (χ1) is 9.81. The van der Waals surface area contributed by atoms with Gasteiger partial charge in [-0.25, -0.2) is 0 Å². The Bertz CT molecular complexity index is 666. The van der Waals surface area contributed by atoms with E-state index in [2.05, 4.69) is 4.98 Å². The van der Waals surface area contributed by atoms with E-state index in [-0.39, 0.29) is 0 Å². The van der Waals surface area contributed by atoms with Crippen LogP contribution in [0.2, 0.25) is 0 Å². The van der Waals surface area contributed by atoms with Crippen LogP contribution in [0.3, 0.4) is 0 Å². The van der Waals surface area contributed by atoms with Gasteiger partial charge in [-0.1, -0.05) is 19.3 Å². The highest BCUT2D eigenvalue weighted by molar-refractivity contribution is 5.85. The quantitative estimate of drug-likeness (QED) is 0.790. The van der Waals surface area contributed by atoms with Gasteiger partial charge in [0.05, 0.1) is 11.3 Å². The van der Waals surface area contributed by atoms with E-state index in [1.165, 1.54) is 6.07 Å². The molecule has 0 amide bonds. The molecule has 3 rings (SSSR count). The highest BCUT2D eigenvalue weighted by Crippen LogP contribution is 2.41. The first kappa shape index (κ1) is 14.4. The van der Waals surface area contributed by atoms with Gasteiger partial charge in [0, 0.05) is 10.9 Å². The van der Waals surface area contributed by atoms with E-state index in [4.69, 9.17) is 0 Å². The molecular weight excluding hydrogens is 279 g/mol. The molecule has 0 spiro atoms. The lowest BCUT2D eigenvalue weighted by molar-refractivity contribution is -0.137. The van der Waals surface area contributed by atoms with Crippen LogP contribution < -0.4 is 0 Å². The van der Waals surface area contributed by atoms with Crippen molar-refractivity contribution in [3.05, 3.63) is 35.0 Å². The van der Waals surface area contributed by atoms with E-state index in [0.29, 0.717) is 29.4 Å². The van der Waals surface area contributed by atoms with E-state index in [1.54, 1.807) is 6.92 Å². The number of aliphatic hydroxyl groups is 1. The molecule has 21 heavy (non-hydrogen) atoms. The monoisotopic (exact) mass is 297 g/mol. The minimum atomic E-state index is -4.35. The zero-order valence-corrected chi connectivity index (χ0v) is 11.8. The lowest BCUT2D eigenvalue weighted by atomic mass is 9.81. The molecule has 2 aromatic rings. The van der Waals surface area contributed by atoms with Gasteiger partial charge >= 0.3 is 6.18 Å². The minimum absolute atomic E-state index is 0.541. The van der Waals surface area contributed by atoms with Crippen LogP contribution in [0.15, 0.2) is 18.2 Å². The normalized spacial score (nSPS) is 19.1. The number of H-pyrrole nitrogens is 1. The third-order valence-electron chi connectivity index (χ3n) is 4.53. The summed E-state index contributed by atoms with van der Waals surface area (Å²) in [5.41, 5.74) is 0.463. The first-order valence-electron chi connectivity index (χ1n) is 7.24. The number of fused-ring (bicyclic) bond motifs is 1. The van der Waals surface area contributed by atoms with Gasteiger partial charge in [0.1, 0.15) is 5.60 Å². The van der Waals surface area contributed by atoms with E-state index in [0.717, 1.165) is 37.0 Å². The molecule has 1 aliphatic rings. The Kier molecular flexibility index (Phi) is 3.28. The van der Waals surface area contributed by atoms with Crippen LogP contribution in [0.25, 0.3) is 10.9 Å². The van der Waals surface area contributed by atoms with Crippen molar-refractivity contribution in [2.24, 2.45) is 0 Å². The predicted molar refractivity (Wildman–Crippen MR) is 75.0 cm³/mol. The molecule has 1 aromatic carbocycles. The molecule has 1 aliphatic carbocycles. The molecule has 2 nitrogen and oxygen atoms in total. The number of hydrogen-bond acceptors (Lipinski definition) is 1. The number of halogens is 3. The third kappa shape index (κ3) is 2.44. The fourth-order valence-corrected chi connectivity index (χ4v) is 3.35. The van der Waals surface area contributed by atoms with E-state index < -0.39 is 17.3 Å². The van der Waals surface area contributed by atoms with Crippen molar-refractivity contribution in [2.45, 2.75) is 50.8 Å². The van der Waals surface area contributed by atoms with Crippen LogP contribution in [-0.4, -0.2) is 10.1 Å². The maximum absolute atomic E-state index is 12.8. The molecule has 0 atom stereocenters. The summed E-state index contributed by atoms with van der Waals surface area (Å²) in [6, 6.07) is 3.69. The van der Waals surface area contributed by atoms with Crippen molar-refractivity contribution in [3.8, 4) is 0 Å². The van der Waals surface area contributed by atoms with Gasteiger partial charge in [-0.05, 0) is 43.5 Å². The number of alkyl halides is 3. The number of nitrogens with one attached hydrogen (secondary N) is 1. The van der Waals surface area contributed by atoms with Gasteiger partial charge in [0.15, 0.2) is 0 Å². The summed E-state index contributed by atoms with van der Waals surface area (Å²) in [4.78, 5) is 3.14. The maximum atomic E-state index is 12.8. The van der Waals surface area contributed by atoms with Crippen molar-refractivity contribution < 1.29 is 18.3 Å². The van der Waals surface area contributed by atoms with Gasteiger partial charge in [0.25, 0.3) is 0 Å². The number of hydrogen-bond donors (Lipinski definition) is 2. The molecule has 1 aromatic heterocycles. The van der Waals surface area contributed by atoms with Gasteiger partial charge in [-0.15, -0.1) is 0 Å². The van der Waals surface area contributed by atoms with Crippen LogP contribution in [0.5, 0.6) is 0 Å². The number of aromatic amines is 1. The van der Waals surface area contributed by atoms with Crippen LogP contribution in [0.4, 0.5) is 13.2 Å². The van der Waals surface area contributed by atoms with Crippen molar-refractivity contribution in [1.29, 1.82) is 0 Å². The van der Waals surface area contributed by atoms with E-state index in [9.17, 15) is 18.3 Å². The average Bonchev–Trinajstić information content (AvgIpc) is 2.76. The highest BCUT2D eigenvalue weighted by atomic mass is 19.4. The lowest BCUT2D eigenvalue weighted by Crippen LogP contribution is -2.29. The third-order valence-corrected chi connectivity index (χ3v) is 4.53. The van der Waals surface area contributed by atoms with Crippen molar-refractivity contribution in [3.63, 3.8) is 0 Å². The van der Waals surface area contributed by atoms with Crippen LogP contribution in [-0.2, 0) is 11.8 Å². The van der Waals surface area contributed by atoms with Crippen molar-refractivity contribution in [2.75, 3.05) is 0 Å². The second kappa shape index (κ2) is 4.77. The van der Waals surface area contributed by atoms with E-state index in [1.807, 2.05) is 0 Å². The summed E-state index contributed by atoms with van der Waals surface area (Å²) in [6.45, 7) is 1.78. The minimum Gasteiger partial charge on any atom is -0.384 e. The van der Waals surface area contributed by atoms with Crippen LogP contribution >= 0.6 is 0 Å². The summed E-state index contributed by atoms with van der Waals surface area (Å²) in [7, 11) is 0. The molecule has 1 heterocycles. The summed E-state index contributed by atoms with van der Waals surface area (Å²) in [5.74, 6) is 0. The summed E-state index contributed by atoms with van der Waals surface area (Å²) < 4.78 is 38.5. The Morgan fingerprint density at radius 3 is 2.43 bits per heavy atom. The lowest BCUT2D eigenvalue weighted by Gasteiger charge is -2.32. The topological polar surface area (TPSA) is 36.0 Å². The van der Waals surface area contributed by atoms with Gasteiger partial charge in [-0.2, -0.15) is 13.2 Å². The molecular formula is C16H18F3NO. The molecule has 0 radical (unpaired) electrons. The van der Waals surface area contributed by atoms with Gasteiger partial charge < -0.3 is 10.1 Å². The number of aromatic nitrogens is 1. The summed E-state index contributed by atoms with van der Waals surface area (Å²) in [5, 5.41) is 11.3. The van der Waals surface area contributed by atoms with Gasteiger partial charge in [-0.3, -0.25) is 0 Å². The second-order valence-corrected chi connectivity index (χ2v) is 5.98. The molecule has 0 saturated heterocycles. The Morgan fingerprint density at radius 2 is 1.81 bits per heavy atom. The second-order valence-electron chi connectivity index (χ2n) is 5.98. The number of rotatable bonds is 1. The average molecular weight is 297 g/mol. The Balaban J connectivity index is 2.11. The zero-order chi connectivity index (χ0) is 15.3. The van der Waals surface area contributed by atoms with E-state index >= 15 is 0 Å². The predicted octanol–water partition coefficient (Wildman–Crippen LogP) is 4.65. The standard InChI is InChI=1S/C16H18F3NO/c1-10-12-9-11(16(17,18)19)5-6-13(12)20-14(10)15(21)7-3-2-4-8-15/h5-6,9,20-21H,2-4,7-8H2,1H3. The zero-order valence-electron chi connectivity index (χ0n) is 11.8. The van der Waals surface area contributed by atoms with Crippen LogP contribution in [0, 0.1) is 6.92 Å². The SMILES string of the molecule is Cc1c(C2(O)CCCCC2)[nH]c2ccc(C(F)(F)F)cc12. The number of benzene rings is 1. The molecule has 0 aliphatic heterocycles. The largest absolute Gasteiger partial charge is 0.416 e. The van der Waals surface area contributed by atoms with Crippen molar-refractivity contribution in [1.82, 2.24) is 4.98 Å². The van der Waals surface area contributed by atoms with Gasteiger partial charge in [0.2, 0.25) is 0 Å². The first-order valence-corrected chi connectivity index (χ1v) is 7.24. The Hall–Kier alpha value is -1.49. The molecule has 1 saturated carbocycles. The molecule has 2 N–H and O–H groups in total. The molecule has 0 bridgehead atoms. The molecule has 5 heteroatoms. The molecule has 0 unspecified atom stereocenters. The summed E-state index contributed by atoms with van der Waals surface area (Å²) in [6.07, 6.45) is -0.0442. The van der Waals surface area contributed by atoms with Crippen LogP contribution in [0.1, 0.15) is 48.9 Å². The Morgan fingerprint density at radius 1 is 1.14 bits per heavy atom. The smallest absolute Gasteiger partial charge is 0.384 e. The Labute approximate surface area is 121 Å². The molecule has 1 fully saturated rings. The number of aryl methyl sites for hydroxylation is 1. The summed E-state index contributed by atoms with van der Waals surface area (Å²) >= 11 is 0.